The van der Waals surface area contributed by atoms with Crippen molar-refractivity contribution in [2.24, 2.45) is 0 Å². The minimum atomic E-state index is -0.534. The third-order valence-corrected chi connectivity index (χ3v) is 7.78. The molecule has 0 unspecified atom stereocenters. The van der Waals surface area contributed by atoms with Gasteiger partial charge < -0.3 is 23.8 Å². The Morgan fingerprint density at radius 1 is 1.12 bits per heavy atom. The zero-order chi connectivity index (χ0) is 28.1. The summed E-state index contributed by atoms with van der Waals surface area (Å²) in [4.78, 5) is 30.6. The molecule has 212 valence electrons. The first-order chi connectivity index (χ1) is 19.5. The van der Waals surface area contributed by atoms with Crippen molar-refractivity contribution in [2.45, 2.75) is 50.7 Å². The van der Waals surface area contributed by atoms with Crippen LogP contribution in [-0.4, -0.2) is 61.2 Å². The molecule has 2 aromatic rings. The summed E-state index contributed by atoms with van der Waals surface area (Å²) in [5.41, 5.74) is 2.87. The summed E-state index contributed by atoms with van der Waals surface area (Å²) >= 11 is 3.47. The van der Waals surface area contributed by atoms with Gasteiger partial charge in [-0.05, 0) is 67.9 Å². The number of anilines is 1. The van der Waals surface area contributed by atoms with Crippen LogP contribution in [0.1, 0.15) is 54.4 Å². The molecule has 3 aliphatic rings. The van der Waals surface area contributed by atoms with Crippen molar-refractivity contribution in [3.8, 4) is 17.2 Å². The number of alkyl halides is 1. The molecule has 1 atom stereocenters. The molecule has 8 nitrogen and oxygen atoms in total. The summed E-state index contributed by atoms with van der Waals surface area (Å²) in [5, 5.41) is 0.956. The Hall–Kier alpha value is -3.46. The fraction of sp³-hybridized carbons (Fsp3) is 0.419. The molecule has 0 aromatic heterocycles. The number of methoxy groups -OCH3 is 1. The van der Waals surface area contributed by atoms with E-state index in [9.17, 15) is 9.59 Å². The van der Waals surface area contributed by atoms with E-state index in [2.05, 4.69) is 22.5 Å². The van der Waals surface area contributed by atoms with Gasteiger partial charge in [0.1, 0.15) is 12.4 Å². The fourth-order valence-electron chi connectivity index (χ4n) is 4.95. The van der Waals surface area contributed by atoms with Gasteiger partial charge in [0.2, 0.25) is 0 Å². The summed E-state index contributed by atoms with van der Waals surface area (Å²) in [6, 6.07) is 11.0. The van der Waals surface area contributed by atoms with Gasteiger partial charge in [0.05, 0.1) is 43.7 Å². The quantitative estimate of drug-likeness (QED) is 0.153. The van der Waals surface area contributed by atoms with Crippen LogP contribution in [0.2, 0.25) is 0 Å². The summed E-state index contributed by atoms with van der Waals surface area (Å²) < 4.78 is 23.1. The number of hydrogen-bond acceptors (Lipinski definition) is 6. The zero-order valence-corrected chi connectivity index (χ0v) is 24.4. The van der Waals surface area contributed by atoms with Crippen LogP contribution in [0.15, 0.2) is 55.3 Å². The SMILES string of the molecule is C=CCOC(=O)N1C[C@@H]2CC(c3ccc(OC)cc3)=CN2C(=O)c2cc(OC3CC3)c(OCCCCCBr)cc21. The number of fused-ring (bicyclic) bond motifs is 2. The van der Waals surface area contributed by atoms with E-state index in [-0.39, 0.29) is 31.2 Å². The lowest BCUT2D eigenvalue weighted by molar-refractivity contribution is 0.0793. The molecule has 1 fully saturated rings. The lowest BCUT2D eigenvalue weighted by Gasteiger charge is -2.26. The van der Waals surface area contributed by atoms with Crippen LogP contribution in [0, 0.1) is 0 Å². The molecule has 1 saturated carbocycles. The average molecular weight is 612 g/mol. The van der Waals surface area contributed by atoms with Crippen molar-refractivity contribution >= 4 is 39.2 Å². The van der Waals surface area contributed by atoms with Gasteiger partial charge in [0, 0.05) is 17.6 Å². The lowest BCUT2D eigenvalue weighted by Crippen LogP contribution is -2.41. The Balaban J connectivity index is 1.50. The number of carbonyl (C=O) groups is 2. The molecule has 0 spiro atoms. The molecule has 2 heterocycles. The van der Waals surface area contributed by atoms with Crippen LogP contribution in [0.5, 0.6) is 17.2 Å². The van der Waals surface area contributed by atoms with Crippen molar-refractivity contribution in [3.05, 3.63) is 66.4 Å². The van der Waals surface area contributed by atoms with E-state index >= 15 is 0 Å². The highest BCUT2D eigenvalue weighted by atomic mass is 79.9. The molecule has 0 bridgehead atoms. The standard InChI is InChI=1S/C31H35BrN2O6/c1-3-14-39-31(36)34-20-23-16-22(21-7-9-24(37-2)10-8-21)19-33(23)30(35)26-17-29(40-25-11-12-25)28(18-27(26)34)38-15-6-4-5-13-32/h3,7-10,17-19,23,25H,1,4-6,11-16,20H2,2H3/t23-/m0/s1. The smallest absolute Gasteiger partial charge is 0.414 e. The van der Waals surface area contributed by atoms with E-state index in [0.29, 0.717) is 35.8 Å². The number of halogens is 1. The van der Waals surface area contributed by atoms with E-state index in [1.807, 2.05) is 30.5 Å². The van der Waals surface area contributed by atoms with Gasteiger partial charge in [-0.1, -0.05) is 40.7 Å². The van der Waals surface area contributed by atoms with Gasteiger partial charge >= 0.3 is 6.09 Å². The number of amides is 2. The molecule has 2 aromatic carbocycles. The minimum absolute atomic E-state index is 0.0716. The van der Waals surface area contributed by atoms with E-state index < -0.39 is 6.09 Å². The molecule has 0 radical (unpaired) electrons. The molecule has 2 amide bonds. The molecule has 0 N–H and O–H groups in total. The van der Waals surface area contributed by atoms with Crippen LogP contribution < -0.4 is 19.1 Å². The largest absolute Gasteiger partial charge is 0.497 e. The van der Waals surface area contributed by atoms with Gasteiger partial charge in [-0.3, -0.25) is 9.69 Å². The van der Waals surface area contributed by atoms with Gasteiger partial charge in [-0.15, -0.1) is 0 Å². The molecule has 0 saturated heterocycles. The van der Waals surface area contributed by atoms with Crippen molar-refractivity contribution in [1.82, 2.24) is 4.90 Å². The van der Waals surface area contributed by atoms with Crippen LogP contribution in [0.25, 0.3) is 5.57 Å². The van der Waals surface area contributed by atoms with Crippen LogP contribution in [0.3, 0.4) is 0 Å². The highest BCUT2D eigenvalue weighted by molar-refractivity contribution is 9.09. The normalized spacial score (nSPS) is 17.9. The van der Waals surface area contributed by atoms with Crippen molar-refractivity contribution in [1.29, 1.82) is 0 Å². The highest BCUT2D eigenvalue weighted by Crippen LogP contribution is 2.43. The Morgan fingerprint density at radius 3 is 2.62 bits per heavy atom. The first kappa shape index (κ1) is 28.1. The van der Waals surface area contributed by atoms with E-state index in [0.717, 1.165) is 54.3 Å². The van der Waals surface area contributed by atoms with Crippen LogP contribution in [-0.2, 0) is 4.74 Å². The summed E-state index contributed by atoms with van der Waals surface area (Å²) in [6.45, 7) is 4.53. The van der Waals surface area contributed by atoms with Gasteiger partial charge in [-0.2, -0.15) is 0 Å². The Labute approximate surface area is 243 Å². The van der Waals surface area contributed by atoms with Crippen molar-refractivity contribution in [3.63, 3.8) is 0 Å². The number of carbonyl (C=O) groups excluding carboxylic acids is 2. The number of ether oxygens (including phenoxy) is 4. The number of benzene rings is 2. The summed E-state index contributed by atoms with van der Waals surface area (Å²) in [7, 11) is 1.63. The number of nitrogens with zero attached hydrogens (tertiary/aromatic N) is 2. The maximum Gasteiger partial charge on any atom is 0.414 e. The van der Waals surface area contributed by atoms with E-state index in [4.69, 9.17) is 18.9 Å². The first-order valence-corrected chi connectivity index (χ1v) is 14.9. The monoisotopic (exact) mass is 610 g/mol. The molecule has 40 heavy (non-hydrogen) atoms. The second-order valence-corrected chi connectivity index (χ2v) is 11.0. The van der Waals surface area contributed by atoms with Crippen LogP contribution >= 0.6 is 15.9 Å². The van der Waals surface area contributed by atoms with Crippen LogP contribution in [0.4, 0.5) is 10.5 Å². The van der Waals surface area contributed by atoms with Gasteiger partial charge in [0.25, 0.3) is 5.91 Å². The lowest BCUT2D eigenvalue weighted by atomic mass is 10.0. The Bertz CT molecular complexity index is 1270. The summed E-state index contributed by atoms with van der Waals surface area (Å²) in [6.07, 6.45) is 8.54. The van der Waals surface area contributed by atoms with Crippen molar-refractivity contribution in [2.75, 3.05) is 37.1 Å². The predicted octanol–water partition coefficient (Wildman–Crippen LogP) is 6.58. The zero-order valence-electron chi connectivity index (χ0n) is 22.8. The van der Waals surface area contributed by atoms with Gasteiger partial charge in [0.15, 0.2) is 11.5 Å². The second-order valence-electron chi connectivity index (χ2n) is 10.2. The first-order valence-electron chi connectivity index (χ1n) is 13.8. The molecule has 5 rings (SSSR count). The number of unbranched alkanes of at least 4 members (excludes halogenated alkanes) is 2. The second kappa shape index (κ2) is 12.8. The minimum Gasteiger partial charge on any atom is -0.497 e. The van der Waals surface area contributed by atoms with E-state index in [1.165, 1.54) is 6.08 Å². The average Bonchev–Trinajstić information content (AvgIpc) is 3.71. The molecule has 9 heteroatoms. The highest BCUT2D eigenvalue weighted by Gasteiger charge is 2.40. The molecular formula is C31H35BrN2O6. The Morgan fingerprint density at radius 2 is 1.93 bits per heavy atom. The molecule has 1 aliphatic carbocycles. The predicted molar refractivity (Wildman–Crippen MR) is 158 cm³/mol. The summed E-state index contributed by atoms with van der Waals surface area (Å²) in [5.74, 6) is 1.65. The molecule has 2 aliphatic heterocycles. The Kier molecular flexibility index (Phi) is 8.99. The number of hydrogen-bond donors (Lipinski definition) is 0. The fourth-order valence-corrected chi connectivity index (χ4v) is 5.35. The third kappa shape index (κ3) is 6.30. The maximum absolute atomic E-state index is 14.0. The van der Waals surface area contributed by atoms with E-state index in [1.54, 1.807) is 29.0 Å². The van der Waals surface area contributed by atoms with Crippen molar-refractivity contribution < 1.29 is 28.5 Å². The third-order valence-electron chi connectivity index (χ3n) is 7.21. The van der Waals surface area contributed by atoms with Gasteiger partial charge in [-0.25, -0.2) is 4.79 Å². The number of rotatable bonds is 12. The molecular weight excluding hydrogens is 576 g/mol. The topological polar surface area (TPSA) is 77.5 Å². The maximum atomic E-state index is 14.0.